The monoisotopic (exact) mass is 681 g/mol. The van der Waals surface area contributed by atoms with Gasteiger partial charge < -0.3 is 25.6 Å². The van der Waals surface area contributed by atoms with Crippen molar-refractivity contribution in [1.82, 2.24) is 10.6 Å². The van der Waals surface area contributed by atoms with Crippen LogP contribution in [-0.4, -0.2) is 59.3 Å². The van der Waals surface area contributed by atoms with Crippen molar-refractivity contribution in [2.75, 3.05) is 13.2 Å². The summed E-state index contributed by atoms with van der Waals surface area (Å²) in [5.41, 5.74) is 0. The van der Waals surface area contributed by atoms with Crippen molar-refractivity contribution >= 4 is 23.8 Å². The van der Waals surface area contributed by atoms with Crippen molar-refractivity contribution in [3.8, 4) is 0 Å². The molecule has 0 heterocycles. The second-order valence-corrected chi connectivity index (χ2v) is 13.4. The van der Waals surface area contributed by atoms with E-state index in [0.29, 0.717) is 12.8 Å². The summed E-state index contributed by atoms with van der Waals surface area (Å²) in [5.74, 6) is -2.34. The van der Waals surface area contributed by atoms with Crippen LogP contribution in [0.1, 0.15) is 187 Å². The van der Waals surface area contributed by atoms with Crippen LogP contribution in [0.4, 0.5) is 0 Å². The summed E-state index contributed by atoms with van der Waals surface area (Å²) in [6.07, 6.45) is 34.0. The van der Waals surface area contributed by atoms with Gasteiger partial charge in [0.15, 0.2) is 0 Å². The van der Waals surface area contributed by atoms with E-state index in [1.807, 2.05) is 0 Å². The Bertz CT molecular complexity index is 833. The molecular formula is C39H72N2O7. The van der Waals surface area contributed by atoms with Gasteiger partial charge in [0.2, 0.25) is 11.8 Å². The smallest absolute Gasteiger partial charge is 0.328 e. The van der Waals surface area contributed by atoms with E-state index in [-0.39, 0.29) is 30.9 Å². The molecule has 2 atom stereocenters. The van der Waals surface area contributed by atoms with Crippen LogP contribution in [0.5, 0.6) is 0 Å². The minimum Gasteiger partial charge on any atom is -0.480 e. The molecule has 0 aliphatic carbocycles. The molecule has 0 spiro atoms. The fourth-order valence-corrected chi connectivity index (χ4v) is 5.71. The summed E-state index contributed by atoms with van der Waals surface area (Å²) in [5, 5.41) is 22.5. The number of hydrogen-bond acceptors (Lipinski definition) is 6. The Labute approximate surface area is 292 Å². The Morgan fingerprint density at radius 1 is 0.604 bits per heavy atom. The van der Waals surface area contributed by atoms with E-state index >= 15 is 0 Å². The second-order valence-electron chi connectivity index (χ2n) is 13.4. The molecule has 0 aromatic heterocycles. The Morgan fingerprint density at radius 3 is 1.56 bits per heavy atom. The lowest BCUT2D eigenvalue weighted by molar-refractivity contribution is -0.150. The van der Waals surface area contributed by atoms with E-state index in [2.05, 4.69) is 36.6 Å². The van der Waals surface area contributed by atoms with E-state index in [1.54, 1.807) is 0 Å². The van der Waals surface area contributed by atoms with Gasteiger partial charge in [-0.15, -0.1) is 0 Å². The molecule has 9 heteroatoms. The molecule has 280 valence electrons. The predicted octanol–water partition coefficient (Wildman–Crippen LogP) is 8.70. The zero-order valence-electron chi connectivity index (χ0n) is 30.8. The molecule has 0 aliphatic rings. The number of carboxylic acids is 1. The number of nitrogens with one attached hydrogen (secondary N) is 2. The molecule has 0 saturated heterocycles. The lowest BCUT2D eigenvalue weighted by atomic mass is 10.0. The third kappa shape index (κ3) is 30.9. The maximum Gasteiger partial charge on any atom is 0.328 e. The predicted molar refractivity (Wildman–Crippen MR) is 195 cm³/mol. The highest BCUT2D eigenvalue weighted by atomic mass is 16.5. The number of aliphatic hydroxyl groups is 1. The van der Waals surface area contributed by atoms with Gasteiger partial charge in [-0.05, 0) is 64.2 Å². The van der Waals surface area contributed by atoms with Gasteiger partial charge in [0.1, 0.15) is 12.1 Å². The van der Waals surface area contributed by atoms with Crippen LogP contribution in [0.2, 0.25) is 0 Å². The third-order valence-electron chi connectivity index (χ3n) is 8.76. The number of carbonyl (C=O) groups is 4. The van der Waals surface area contributed by atoms with Crippen LogP contribution >= 0.6 is 0 Å². The molecule has 0 radical (unpaired) electrons. The Kier molecular flexibility index (Phi) is 32.7. The summed E-state index contributed by atoms with van der Waals surface area (Å²) in [4.78, 5) is 47.3. The van der Waals surface area contributed by atoms with E-state index < -0.39 is 24.5 Å². The summed E-state index contributed by atoms with van der Waals surface area (Å²) in [6.45, 7) is 3.42. The first-order valence-electron chi connectivity index (χ1n) is 19.6. The molecule has 0 aromatic rings. The molecular weight excluding hydrogens is 608 g/mol. The first-order valence-corrected chi connectivity index (χ1v) is 19.6. The van der Waals surface area contributed by atoms with Gasteiger partial charge in [0.25, 0.3) is 0 Å². The Morgan fingerprint density at radius 2 is 1.06 bits per heavy atom. The van der Waals surface area contributed by atoms with Crippen molar-refractivity contribution < 1.29 is 34.1 Å². The van der Waals surface area contributed by atoms with Crippen LogP contribution in [0.15, 0.2) is 12.2 Å². The molecule has 0 saturated carbocycles. The topological polar surface area (TPSA) is 142 Å². The lowest BCUT2D eigenvalue weighted by Crippen LogP contribution is -2.47. The molecule has 4 N–H and O–H groups in total. The van der Waals surface area contributed by atoms with Gasteiger partial charge in [-0.2, -0.15) is 0 Å². The number of aliphatic carboxylic acids is 1. The van der Waals surface area contributed by atoms with Gasteiger partial charge >= 0.3 is 11.9 Å². The zero-order chi connectivity index (χ0) is 35.5. The quantitative estimate of drug-likeness (QED) is 0.0298. The summed E-state index contributed by atoms with van der Waals surface area (Å²) >= 11 is 0. The van der Waals surface area contributed by atoms with Crippen LogP contribution < -0.4 is 10.6 Å². The number of rotatable bonds is 35. The van der Waals surface area contributed by atoms with Gasteiger partial charge in [0, 0.05) is 12.8 Å². The largest absolute Gasteiger partial charge is 0.480 e. The van der Waals surface area contributed by atoms with Crippen LogP contribution in [-0.2, 0) is 23.9 Å². The van der Waals surface area contributed by atoms with Gasteiger partial charge in [-0.25, -0.2) is 4.79 Å². The lowest BCUT2D eigenvalue weighted by Gasteiger charge is -2.18. The van der Waals surface area contributed by atoms with Crippen molar-refractivity contribution in [3.05, 3.63) is 12.2 Å². The van der Waals surface area contributed by atoms with E-state index in [0.717, 1.165) is 57.8 Å². The number of unbranched alkanes of at least 4 members (excludes halogenated alkanes) is 19. The number of hydrogen-bond donors (Lipinski definition) is 4. The number of allylic oxidation sites excluding steroid dienone is 2. The van der Waals surface area contributed by atoms with E-state index in [9.17, 15) is 19.2 Å². The highest BCUT2D eigenvalue weighted by molar-refractivity contribution is 5.87. The molecule has 48 heavy (non-hydrogen) atoms. The second kappa shape index (κ2) is 34.4. The van der Waals surface area contributed by atoms with Crippen LogP contribution in [0.3, 0.4) is 0 Å². The summed E-state index contributed by atoms with van der Waals surface area (Å²) in [6, 6.07) is -1.38. The van der Waals surface area contributed by atoms with Crippen LogP contribution in [0.25, 0.3) is 0 Å². The first kappa shape index (κ1) is 45.6. The van der Waals surface area contributed by atoms with Crippen molar-refractivity contribution in [1.29, 1.82) is 0 Å². The normalized spacial score (nSPS) is 12.6. The Hall–Kier alpha value is -2.42. The van der Waals surface area contributed by atoms with Gasteiger partial charge in [0.05, 0.1) is 13.2 Å². The molecule has 0 aromatic carbocycles. The fourth-order valence-electron chi connectivity index (χ4n) is 5.71. The molecule has 0 bridgehead atoms. The number of esters is 1. The molecule has 0 rings (SSSR count). The Balaban J connectivity index is 4.08. The highest BCUT2D eigenvalue weighted by Crippen LogP contribution is 2.18. The number of carboxylic acid groups (broad SMARTS) is 1. The fraction of sp³-hybridized carbons (Fsp3) is 0.846. The number of carbonyl (C=O) groups excluding carboxylic acids is 3. The molecule has 2 unspecified atom stereocenters. The van der Waals surface area contributed by atoms with Crippen molar-refractivity contribution in [2.45, 2.75) is 199 Å². The third-order valence-corrected chi connectivity index (χ3v) is 8.76. The number of amides is 2. The zero-order valence-corrected chi connectivity index (χ0v) is 30.8. The minimum absolute atomic E-state index is 0.0395. The maximum atomic E-state index is 12.6. The van der Waals surface area contributed by atoms with Crippen LogP contribution in [0, 0.1) is 0 Å². The number of ether oxygens (including phenoxy) is 1. The first-order chi connectivity index (χ1) is 23.3. The molecule has 2 amide bonds. The standard InChI is InChI=1S/C39H72N2O7/c1-3-5-7-9-10-11-12-13-14-15-16-17-18-19-21-27-31-38(45)48-34(28-24-20-8-6-4-2)29-25-22-23-26-30-36(43)40-32-37(44)41-35(33-42)39(46)47/h14-15,34-35,42H,3-13,16-33H2,1-2H3,(H,40,43)(H,41,44)(H,46,47)/b15-14-. The average Bonchev–Trinajstić information content (AvgIpc) is 3.07. The number of aliphatic hydroxyl groups excluding tert-OH is 1. The van der Waals surface area contributed by atoms with Crippen molar-refractivity contribution in [2.24, 2.45) is 0 Å². The average molecular weight is 681 g/mol. The van der Waals surface area contributed by atoms with Crippen molar-refractivity contribution in [3.63, 3.8) is 0 Å². The minimum atomic E-state index is -1.38. The van der Waals surface area contributed by atoms with Gasteiger partial charge in [-0.3, -0.25) is 14.4 Å². The SMILES string of the molecule is CCCCCCCCC/C=C\CCCCCCCC(=O)OC(CCCCCCC)CCCCCCC(=O)NCC(=O)NC(CO)C(=O)O. The van der Waals surface area contributed by atoms with Gasteiger partial charge in [-0.1, -0.05) is 122 Å². The maximum absolute atomic E-state index is 12.6. The molecule has 0 fully saturated rings. The summed E-state index contributed by atoms with van der Waals surface area (Å²) < 4.78 is 5.93. The summed E-state index contributed by atoms with van der Waals surface area (Å²) in [7, 11) is 0. The molecule has 9 nitrogen and oxygen atoms in total. The van der Waals surface area contributed by atoms with E-state index in [1.165, 1.54) is 96.3 Å². The highest BCUT2D eigenvalue weighted by Gasteiger charge is 2.19. The van der Waals surface area contributed by atoms with E-state index in [4.69, 9.17) is 14.9 Å². The molecule has 0 aliphatic heterocycles.